The maximum atomic E-state index is 12.2. The standard InChI is InChI=1S/C20H21N3O3/c1-13-6-3-4-7-16(13)22-20(26)19(25)21-15-10-9-14(2)17(12-15)23-11-5-8-18(23)24/h3-4,6-7,9-10,12H,5,8,11H2,1-2H3,(H,21,25)(H,22,26). The molecule has 2 aromatic carbocycles. The normalized spacial score (nSPS) is 13.6. The van der Waals surface area contributed by atoms with Crippen LogP contribution in [0.2, 0.25) is 0 Å². The number of aryl methyl sites for hydroxylation is 2. The van der Waals surface area contributed by atoms with Gasteiger partial charge in [0.1, 0.15) is 0 Å². The molecule has 0 unspecified atom stereocenters. The Morgan fingerprint density at radius 3 is 2.38 bits per heavy atom. The molecule has 134 valence electrons. The number of carbonyl (C=O) groups excluding carboxylic acids is 3. The third-order valence-corrected chi connectivity index (χ3v) is 4.43. The van der Waals surface area contributed by atoms with Crippen molar-refractivity contribution in [2.75, 3.05) is 22.1 Å². The van der Waals surface area contributed by atoms with Gasteiger partial charge in [-0.2, -0.15) is 0 Å². The van der Waals surface area contributed by atoms with Gasteiger partial charge in [-0.1, -0.05) is 24.3 Å². The Labute approximate surface area is 152 Å². The topological polar surface area (TPSA) is 78.5 Å². The van der Waals surface area contributed by atoms with Crippen molar-refractivity contribution in [3.8, 4) is 0 Å². The minimum Gasteiger partial charge on any atom is -0.318 e. The lowest BCUT2D eigenvalue weighted by molar-refractivity contribution is -0.133. The van der Waals surface area contributed by atoms with E-state index in [1.807, 2.05) is 32.0 Å². The number of rotatable bonds is 3. The number of hydrogen-bond acceptors (Lipinski definition) is 3. The second-order valence-corrected chi connectivity index (χ2v) is 6.37. The maximum Gasteiger partial charge on any atom is 0.314 e. The predicted molar refractivity (Wildman–Crippen MR) is 101 cm³/mol. The van der Waals surface area contributed by atoms with Crippen LogP contribution >= 0.6 is 0 Å². The zero-order valence-corrected chi connectivity index (χ0v) is 14.8. The summed E-state index contributed by atoms with van der Waals surface area (Å²) >= 11 is 0. The molecule has 0 saturated carbocycles. The molecule has 3 rings (SSSR count). The van der Waals surface area contributed by atoms with Crippen molar-refractivity contribution >= 4 is 34.8 Å². The van der Waals surface area contributed by atoms with Gasteiger partial charge >= 0.3 is 11.8 Å². The molecule has 1 aliphatic rings. The molecule has 0 atom stereocenters. The SMILES string of the molecule is Cc1ccccc1NC(=O)C(=O)Nc1ccc(C)c(N2CCCC2=O)c1. The molecule has 0 aliphatic carbocycles. The monoisotopic (exact) mass is 351 g/mol. The molecule has 0 aromatic heterocycles. The predicted octanol–water partition coefficient (Wildman–Crippen LogP) is 3.01. The zero-order valence-electron chi connectivity index (χ0n) is 14.8. The Balaban J connectivity index is 1.72. The lowest BCUT2D eigenvalue weighted by atomic mass is 10.1. The minimum absolute atomic E-state index is 0.0777. The summed E-state index contributed by atoms with van der Waals surface area (Å²) < 4.78 is 0. The van der Waals surface area contributed by atoms with E-state index >= 15 is 0 Å². The number of nitrogens with one attached hydrogen (secondary N) is 2. The Kier molecular flexibility index (Phi) is 5.02. The van der Waals surface area contributed by atoms with Gasteiger partial charge in [-0.25, -0.2) is 0 Å². The fourth-order valence-electron chi connectivity index (χ4n) is 2.96. The Morgan fingerprint density at radius 2 is 1.69 bits per heavy atom. The molecule has 0 spiro atoms. The third kappa shape index (κ3) is 3.74. The highest BCUT2D eigenvalue weighted by atomic mass is 16.2. The second-order valence-electron chi connectivity index (χ2n) is 6.37. The fraction of sp³-hybridized carbons (Fsp3) is 0.250. The maximum absolute atomic E-state index is 12.2. The quantitative estimate of drug-likeness (QED) is 0.835. The number of hydrogen-bond donors (Lipinski definition) is 2. The number of carbonyl (C=O) groups is 3. The number of anilines is 3. The van der Waals surface area contributed by atoms with Gasteiger partial charge in [0, 0.05) is 30.0 Å². The lowest BCUT2D eigenvalue weighted by Crippen LogP contribution is -2.29. The smallest absolute Gasteiger partial charge is 0.314 e. The molecule has 6 heteroatoms. The molecule has 0 bridgehead atoms. The van der Waals surface area contributed by atoms with E-state index in [4.69, 9.17) is 0 Å². The van der Waals surface area contributed by atoms with E-state index in [1.165, 1.54) is 0 Å². The van der Waals surface area contributed by atoms with Crippen LogP contribution in [0, 0.1) is 13.8 Å². The van der Waals surface area contributed by atoms with Crippen molar-refractivity contribution in [2.24, 2.45) is 0 Å². The van der Waals surface area contributed by atoms with Crippen LogP contribution < -0.4 is 15.5 Å². The first-order chi connectivity index (χ1) is 12.5. The highest BCUT2D eigenvalue weighted by Crippen LogP contribution is 2.28. The third-order valence-electron chi connectivity index (χ3n) is 4.43. The van der Waals surface area contributed by atoms with Gasteiger partial charge in [0.15, 0.2) is 0 Å². The van der Waals surface area contributed by atoms with Gasteiger partial charge in [-0.15, -0.1) is 0 Å². The fourth-order valence-corrected chi connectivity index (χ4v) is 2.96. The van der Waals surface area contributed by atoms with E-state index in [0.29, 0.717) is 24.3 Å². The van der Waals surface area contributed by atoms with Crippen molar-refractivity contribution in [3.63, 3.8) is 0 Å². The molecule has 6 nitrogen and oxygen atoms in total. The van der Waals surface area contributed by atoms with E-state index in [9.17, 15) is 14.4 Å². The Hall–Kier alpha value is -3.15. The molecule has 1 heterocycles. The van der Waals surface area contributed by atoms with Gasteiger partial charge in [-0.05, 0) is 49.6 Å². The van der Waals surface area contributed by atoms with Crippen LogP contribution in [0.4, 0.5) is 17.1 Å². The van der Waals surface area contributed by atoms with Crippen LogP contribution in [-0.4, -0.2) is 24.3 Å². The van der Waals surface area contributed by atoms with Gasteiger partial charge in [-0.3, -0.25) is 14.4 Å². The van der Waals surface area contributed by atoms with Gasteiger partial charge in [0.2, 0.25) is 5.91 Å². The summed E-state index contributed by atoms with van der Waals surface area (Å²) in [5, 5.41) is 5.20. The molecule has 2 N–H and O–H groups in total. The lowest BCUT2D eigenvalue weighted by Gasteiger charge is -2.19. The van der Waals surface area contributed by atoms with Crippen LogP contribution in [-0.2, 0) is 14.4 Å². The minimum atomic E-state index is -0.754. The summed E-state index contributed by atoms with van der Waals surface area (Å²) in [6.45, 7) is 4.44. The summed E-state index contributed by atoms with van der Waals surface area (Å²) in [5.41, 5.74) is 3.67. The number of nitrogens with zero attached hydrogens (tertiary/aromatic N) is 1. The molecule has 3 amide bonds. The van der Waals surface area contributed by atoms with E-state index in [1.54, 1.807) is 29.2 Å². The van der Waals surface area contributed by atoms with Crippen LogP contribution in [0.15, 0.2) is 42.5 Å². The molecule has 2 aromatic rings. The van der Waals surface area contributed by atoms with Gasteiger partial charge in [0.25, 0.3) is 0 Å². The van der Waals surface area contributed by atoms with E-state index < -0.39 is 11.8 Å². The summed E-state index contributed by atoms with van der Waals surface area (Å²) in [6.07, 6.45) is 1.36. The van der Waals surface area contributed by atoms with Gasteiger partial charge < -0.3 is 15.5 Å². The molecule has 1 aliphatic heterocycles. The Bertz CT molecular complexity index is 876. The first kappa shape index (κ1) is 17.7. The molecule has 1 fully saturated rings. The van der Waals surface area contributed by atoms with Crippen LogP contribution in [0.1, 0.15) is 24.0 Å². The first-order valence-electron chi connectivity index (χ1n) is 8.54. The largest absolute Gasteiger partial charge is 0.318 e. The Morgan fingerprint density at radius 1 is 0.962 bits per heavy atom. The highest BCUT2D eigenvalue weighted by Gasteiger charge is 2.23. The van der Waals surface area contributed by atoms with Crippen LogP contribution in [0.5, 0.6) is 0 Å². The van der Waals surface area contributed by atoms with Crippen molar-refractivity contribution in [2.45, 2.75) is 26.7 Å². The average Bonchev–Trinajstić information content (AvgIpc) is 3.04. The molecular formula is C20H21N3O3. The van der Waals surface area contributed by atoms with E-state index in [2.05, 4.69) is 10.6 Å². The van der Waals surface area contributed by atoms with Gasteiger partial charge in [0.05, 0.1) is 0 Å². The molecule has 0 radical (unpaired) electrons. The highest BCUT2D eigenvalue weighted by molar-refractivity contribution is 6.43. The zero-order chi connectivity index (χ0) is 18.7. The summed E-state index contributed by atoms with van der Waals surface area (Å²) in [4.78, 5) is 38.0. The molecular weight excluding hydrogens is 330 g/mol. The molecule has 26 heavy (non-hydrogen) atoms. The number of para-hydroxylation sites is 1. The van der Waals surface area contributed by atoms with Crippen molar-refractivity contribution < 1.29 is 14.4 Å². The summed E-state index contributed by atoms with van der Waals surface area (Å²) in [6, 6.07) is 12.5. The van der Waals surface area contributed by atoms with Crippen LogP contribution in [0.3, 0.4) is 0 Å². The van der Waals surface area contributed by atoms with Crippen molar-refractivity contribution in [1.29, 1.82) is 0 Å². The first-order valence-corrected chi connectivity index (χ1v) is 8.54. The number of amides is 3. The van der Waals surface area contributed by atoms with Crippen molar-refractivity contribution in [3.05, 3.63) is 53.6 Å². The second kappa shape index (κ2) is 7.39. The van der Waals surface area contributed by atoms with E-state index in [-0.39, 0.29) is 5.91 Å². The van der Waals surface area contributed by atoms with Crippen LogP contribution in [0.25, 0.3) is 0 Å². The summed E-state index contributed by atoms with van der Waals surface area (Å²) in [7, 11) is 0. The summed E-state index contributed by atoms with van der Waals surface area (Å²) in [5.74, 6) is -1.41. The molecule has 1 saturated heterocycles. The number of benzene rings is 2. The van der Waals surface area contributed by atoms with E-state index in [0.717, 1.165) is 23.2 Å². The average molecular weight is 351 g/mol. The van der Waals surface area contributed by atoms with Crippen molar-refractivity contribution in [1.82, 2.24) is 0 Å².